The number of thiophene rings is 1. The first-order valence-corrected chi connectivity index (χ1v) is 13.5. The third-order valence-electron chi connectivity index (χ3n) is 7.11. The van der Waals surface area contributed by atoms with Crippen LogP contribution < -0.4 is 10.6 Å². The van der Waals surface area contributed by atoms with E-state index in [0.29, 0.717) is 34.3 Å². The van der Waals surface area contributed by atoms with Gasteiger partial charge in [0.1, 0.15) is 10.4 Å². The Bertz CT molecular complexity index is 1450. The van der Waals surface area contributed by atoms with Crippen molar-refractivity contribution in [1.29, 1.82) is 0 Å². The number of oxazole rings is 1. The molecular weight excluding hydrogens is 486 g/mol. The quantitative estimate of drug-likeness (QED) is 0.265. The number of nitrogen functional groups attached to an aromatic ring is 1. The number of aromatic carboxylic acids is 1. The summed E-state index contributed by atoms with van der Waals surface area (Å²) < 4.78 is 5.87. The van der Waals surface area contributed by atoms with Crippen molar-refractivity contribution in [3.63, 3.8) is 0 Å². The Balaban J connectivity index is 1.46. The summed E-state index contributed by atoms with van der Waals surface area (Å²) in [6.07, 6.45) is 3.77. The second-order valence-electron chi connectivity index (χ2n) is 10.2. The van der Waals surface area contributed by atoms with Crippen molar-refractivity contribution >= 4 is 45.7 Å². The van der Waals surface area contributed by atoms with Crippen molar-refractivity contribution in [2.24, 2.45) is 11.8 Å². The number of amides is 1. The van der Waals surface area contributed by atoms with Gasteiger partial charge in [0.15, 0.2) is 5.58 Å². The second-order valence-corrected chi connectivity index (χ2v) is 11.3. The molecule has 3 N–H and O–H groups in total. The molecule has 1 fully saturated rings. The van der Waals surface area contributed by atoms with Crippen LogP contribution in [-0.4, -0.2) is 28.0 Å². The molecule has 0 bridgehead atoms. The fourth-order valence-electron chi connectivity index (χ4n) is 5.06. The van der Waals surface area contributed by atoms with E-state index in [1.807, 2.05) is 44.2 Å². The molecule has 2 aromatic heterocycles. The van der Waals surface area contributed by atoms with Gasteiger partial charge in [-0.05, 0) is 87.4 Å². The van der Waals surface area contributed by atoms with E-state index < -0.39 is 5.97 Å². The molecule has 7 nitrogen and oxygen atoms in total. The third-order valence-corrected chi connectivity index (χ3v) is 8.27. The molecule has 0 saturated heterocycles. The van der Waals surface area contributed by atoms with Gasteiger partial charge >= 0.3 is 5.97 Å². The Labute approximate surface area is 219 Å². The fraction of sp³-hybridized carbons (Fsp3) is 0.345. The Morgan fingerprint density at radius 2 is 1.73 bits per heavy atom. The molecule has 1 amide bonds. The van der Waals surface area contributed by atoms with E-state index in [2.05, 4.69) is 11.9 Å². The number of carboxylic acid groups (broad SMARTS) is 1. The van der Waals surface area contributed by atoms with Crippen molar-refractivity contribution in [3.8, 4) is 21.9 Å². The third kappa shape index (κ3) is 4.98. The minimum Gasteiger partial charge on any atom is -0.477 e. The monoisotopic (exact) mass is 517 g/mol. The number of aromatic nitrogens is 1. The van der Waals surface area contributed by atoms with E-state index >= 15 is 0 Å². The Morgan fingerprint density at radius 3 is 2.38 bits per heavy atom. The zero-order chi connectivity index (χ0) is 26.3. The van der Waals surface area contributed by atoms with Crippen LogP contribution >= 0.6 is 11.3 Å². The predicted molar refractivity (Wildman–Crippen MR) is 148 cm³/mol. The lowest BCUT2D eigenvalue weighted by molar-refractivity contribution is -0.123. The van der Waals surface area contributed by atoms with Crippen LogP contribution in [0.5, 0.6) is 0 Å². The molecule has 2 aromatic carbocycles. The number of hydrogen-bond donors (Lipinski definition) is 2. The second kappa shape index (κ2) is 10.0. The highest BCUT2D eigenvalue weighted by Gasteiger charge is 2.33. The highest BCUT2D eigenvalue weighted by atomic mass is 32.1. The summed E-state index contributed by atoms with van der Waals surface area (Å²) in [5.74, 6) is 0.0675. The van der Waals surface area contributed by atoms with Gasteiger partial charge in [0.25, 0.3) is 0 Å². The molecule has 5 rings (SSSR count). The number of nitrogens with two attached hydrogens (primary N) is 1. The first-order valence-electron chi connectivity index (χ1n) is 12.7. The Morgan fingerprint density at radius 1 is 1.05 bits per heavy atom. The molecule has 8 heteroatoms. The zero-order valence-electron chi connectivity index (χ0n) is 21.2. The average molecular weight is 518 g/mol. The average Bonchev–Trinajstić information content (AvgIpc) is 3.49. The molecule has 192 valence electrons. The van der Waals surface area contributed by atoms with Crippen LogP contribution in [0.1, 0.15) is 56.1 Å². The van der Waals surface area contributed by atoms with Crippen LogP contribution in [0.15, 0.2) is 52.9 Å². The summed E-state index contributed by atoms with van der Waals surface area (Å²) in [7, 11) is 0. The van der Waals surface area contributed by atoms with Crippen molar-refractivity contribution in [2.45, 2.75) is 52.5 Å². The zero-order valence-corrected chi connectivity index (χ0v) is 22.0. The lowest BCUT2D eigenvalue weighted by Crippen LogP contribution is -2.42. The molecule has 0 unspecified atom stereocenters. The largest absolute Gasteiger partial charge is 0.477 e. The number of benzene rings is 2. The maximum absolute atomic E-state index is 13.6. The smallest absolute Gasteiger partial charge is 0.348 e. The van der Waals surface area contributed by atoms with Crippen LogP contribution in [0.2, 0.25) is 0 Å². The number of carboxylic acids is 1. The van der Waals surface area contributed by atoms with Crippen LogP contribution in [0.3, 0.4) is 0 Å². The van der Waals surface area contributed by atoms with E-state index in [1.54, 1.807) is 23.1 Å². The summed E-state index contributed by atoms with van der Waals surface area (Å²) in [6.45, 7) is 6.10. The molecule has 4 aromatic rings. The van der Waals surface area contributed by atoms with Crippen molar-refractivity contribution in [2.75, 3.05) is 10.6 Å². The summed E-state index contributed by atoms with van der Waals surface area (Å²) in [5.41, 5.74) is 9.98. The lowest BCUT2D eigenvalue weighted by atomic mass is 9.82. The highest BCUT2D eigenvalue weighted by Crippen LogP contribution is 2.40. The van der Waals surface area contributed by atoms with Gasteiger partial charge in [-0.1, -0.05) is 19.1 Å². The molecule has 1 saturated carbocycles. The van der Waals surface area contributed by atoms with Gasteiger partial charge in [-0.15, -0.1) is 11.3 Å². The van der Waals surface area contributed by atoms with Crippen molar-refractivity contribution < 1.29 is 19.1 Å². The van der Waals surface area contributed by atoms with Gasteiger partial charge < -0.3 is 20.2 Å². The van der Waals surface area contributed by atoms with E-state index in [-0.39, 0.29) is 22.7 Å². The van der Waals surface area contributed by atoms with Gasteiger partial charge in [0, 0.05) is 28.1 Å². The maximum atomic E-state index is 13.6. The van der Waals surface area contributed by atoms with Gasteiger partial charge in [-0.2, -0.15) is 0 Å². The summed E-state index contributed by atoms with van der Waals surface area (Å²) >= 11 is 1.19. The van der Waals surface area contributed by atoms with E-state index in [4.69, 9.17) is 10.2 Å². The number of rotatable bonds is 6. The summed E-state index contributed by atoms with van der Waals surface area (Å²) in [4.78, 5) is 33.0. The molecule has 0 spiro atoms. The first-order chi connectivity index (χ1) is 17.7. The minimum absolute atomic E-state index is 0.0284. The maximum Gasteiger partial charge on any atom is 0.348 e. The molecule has 1 aliphatic rings. The molecular formula is C29H31N3O4S. The molecule has 0 aliphatic heterocycles. The predicted octanol–water partition coefficient (Wildman–Crippen LogP) is 7.07. The Hall–Kier alpha value is -3.65. The topological polar surface area (TPSA) is 110 Å². The summed E-state index contributed by atoms with van der Waals surface area (Å²) in [6, 6.07) is 14.7. The number of fused-ring (bicyclic) bond motifs is 1. The van der Waals surface area contributed by atoms with Crippen molar-refractivity contribution in [1.82, 2.24) is 4.98 Å². The van der Waals surface area contributed by atoms with E-state index in [1.165, 1.54) is 11.3 Å². The summed E-state index contributed by atoms with van der Waals surface area (Å²) in [5, 5.41) is 10.0. The molecule has 1 aliphatic carbocycles. The molecule has 0 radical (unpaired) electrons. The Kier molecular flexibility index (Phi) is 6.77. The number of carbonyl (C=O) groups excluding carboxylic acids is 1. The van der Waals surface area contributed by atoms with Gasteiger partial charge in [-0.25, -0.2) is 9.78 Å². The minimum atomic E-state index is -1.02. The van der Waals surface area contributed by atoms with Crippen molar-refractivity contribution in [3.05, 3.63) is 53.4 Å². The number of anilines is 2. The fourth-order valence-corrected chi connectivity index (χ4v) is 6.05. The van der Waals surface area contributed by atoms with Crippen LogP contribution in [0, 0.1) is 11.8 Å². The van der Waals surface area contributed by atoms with E-state index in [0.717, 1.165) is 41.7 Å². The molecule has 0 atom stereocenters. The van der Waals surface area contributed by atoms with Crippen LogP contribution in [0.25, 0.3) is 33.0 Å². The normalized spacial score (nSPS) is 17.8. The number of hydrogen-bond acceptors (Lipinski definition) is 6. The highest BCUT2D eigenvalue weighted by molar-refractivity contribution is 7.18. The van der Waals surface area contributed by atoms with Gasteiger partial charge in [0.2, 0.25) is 11.8 Å². The SMILES string of the molecule is CC(C)N(c1cc(-c2ccc(-c3nc4cc(N)ccc4o3)cc2)sc1C(=O)O)C(=O)[C@H]1CC[C@H](C)CC1. The first kappa shape index (κ1) is 25.0. The van der Waals surface area contributed by atoms with Gasteiger partial charge in [0.05, 0.1) is 5.69 Å². The van der Waals surface area contributed by atoms with Crippen LogP contribution in [-0.2, 0) is 4.79 Å². The molecule has 37 heavy (non-hydrogen) atoms. The van der Waals surface area contributed by atoms with Crippen LogP contribution in [0.4, 0.5) is 11.4 Å². The molecule has 2 heterocycles. The number of nitrogens with zero attached hydrogens (tertiary/aromatic N) is 2. The number of carbonyl (C=O) groups is 2. The standard InChI is InChI=1S/C29H31N3O4S/c1-16(2)32(28(33)20-6-4-17(3)5-7-20)23-15-25(37-26(23)29(34)35)18-8-10-19(11-9-18)27-31-22-14-21(30)12-13-24(22)36-27/h8-17,20H,4-7,30H2,1-3H3,(H,34,35)/t17-,20-. The lowest BCUT2D eigenvalue weighted by Gasteiger charge is -2.33. The van der Waals surface area contributed by atoms with E-state index in [9.17, 15) is 14.7 Å². The van der Waals surface area contributed by atoms with Gasteiger partial charge in [-0.3, -0.25) is 4.79 Å².